The number of hydrogen-bond acceptors (Lipinski definition) is 5. The molecule has 0 saturated heterocycles. The molecule has 1 atom stereocenters. The van der Waals surface area contributed by atoms with Crippen molar-refractivity contribution in [3.05, 3.63) is 77.5 Å². The van der Waals surface area contributed by atoms with Crippen molar-refractivity contribution in [1.82, 2.24) is 29.3 Å². The molecule has 2 aromatic carbocycles. The minimum atomic E-state index is 0.0678. The maximum atomic E-state index is 6.24. The lowest BCUT2D eigenvalue weighted by molar-refractivity contribution is 0.745. The Balaban J connectivity index is 1.57. The highest BCUT2D eigenvalue weighted by molar-refractivity contribution is 7.99. The summed E-state index contributed by atoms with van der Waals surface area (Å²) in [7, 11) is 1.89. The third-order valence-electron chi connectivity index (χ3n) is 5.07. The molecule has 0 fully saturated rings. The number of aryl methyl sites for hydroxylation is 1. The van der Waals surface area contributed by atoms with Crippen LogP contribution in [0.25, 0.3) is 22.1 Å². The van der Waals surface area contributed by atoms with Crippen molar-refractivity contribution in [1.29, 1.82) is 0 Å². The van der Waals surface area contributed by atoms with Crippen molar-refractivity contribution in [2.45, 2.75) is 23.7 Å². The maximum Gasteiger partial charge on any atom is 0.162 e. The Bertz CT molecular complexity index is 1340. The van der Waals surface area contributed by atoms with E-state index in [2.05, 4.69) is 50.8 Å². The zero-order chi connectivity index (χ0) is 20.7. The molecule has 0 radical (unpaired) electrons. The summed E-state index contributed by atoms with van der Waals surface area (Å²) in [5.74, 6) is 0.983. The fourth-order valence-electron chi connectivity index (χ4n) is 3.62. The van der Waals surface area contributed by atoms with Crippen LogP contribution < -0.4 is 0 Å². The quantitative estimate of drug-likeness (QED) is 0.278. The van der Waals surface area contributed by atoms with Gasteiger partial charge in [-0.25, -0.2) is 15.0 Å². The van der Waals surface area contributed by atoms with Gasteiger partial charge in [0.15, 0.2) is 5.65 Å². The van der Waals surface area contributed by atoms with Crippen LogP contribution in [0.15, 0.2) is 66.1 Å². The van der Waals surface area contributed by atoms with E-state index in [-0.39, 0.29) is 5.25 Å². The van der Waals surface area contributed by atoms with Gasteiger partial charge in [0, 0.05) is 18.6 Å². The van der Waals surface area contributed by atoms with Gasteiger partial charge in [0.1, 0.15) is 17.2 Å². The first kappa shape index (κ1) is 19.1. The topological polar surface area (TPSA) is 61.4 Å². The molecule has 0 aliphatic rings. The lowest BCUT2D eigenvalue weighted by Crippen LogP contribution is -2.07. The second kappa shape index (κ2) is 7.74. The normalized spacial score (nSPS) is 12.6. The predicted molar refractivity (Wildman–Crippen MR) is 121 cm³/mol. The molecule has 0 aliphatic heterocycles. The SMILES string of the molecule is CC(Sc1ncnc2c1cnn2C)c1nc2cc(Cl)ccc2n1Cc1ccccc1. The van der Waals surface area contributed by atoms with E-state index in [1.54, 1.807) is 22.8 Å². The standard InChI is InChI=1S/C22H19ClN6S/c1-14(30-22-17-11-26-28(2)21(17)24-13-25-22)20-27-18-10-16(23)8-9-19(18)29(20)12-15-6-4-3-5-7-15/h3-11,13-14H,12H2,1-2H3. The van der Waals surface area contributed by atoms with Crippen molar-refractivity contribution in [3.63, 3.8) is 0 Å². The number of aromatic nitrogens is 6. The molecule has 5 rings (SSSR count). The Morgan fingerprint density at radius 2 is 1.93 bits per heavy atom. The van der Waals surface area contributed by atoms with Crippen molar-refractivity contribution < 1.29 is 0 Å². The summed E-state index contributed by atoms with van der Waals surface area (Å²) >= 11 is 7.90. The summed E-state index contributed by atoms with van der Waals surface area (Å²) in [5.41, 5.74) is 4.01. The molecule has 6 nitrogen and oxygen atoms in total. The Hall–Kier alpha value is -2.90. The number of rotatable bonds is 5. The largest absolute Gasteiger partial charge is 0.323 e. The van der Waals surface area contributed by atoms with Gasteiger partial charge in [-0.2, -0.15) is 5.10 Å². The number of hydrogen-bond donors (Lipinski definition) is 0. The molecule has 5 aromatic rings. The van der Waals surface area contributed by atoms with E-state index in [1.165, 1.54) is 5.56 Å². The van der Waals surface area contributed by atoms with E-state index in [0.29, 0.717) is 5.02 Å². The van der Waals surface area contributed by atoms with E-state index in [4.69, 9.17) is 16.6 Å². The zero-order valence-corrected chi connectivity index (χ0v) is 18.1. The summed E-state index contributed by atoms with van der Waals surface area (Å²) in [4.78, 5) is 13.8. The van der Waals surface area contributed by atoms with Gasteiger partial charge < -0.3 is 4.57 Å². The summed E-state index contributed by atoms with van der Waals surface area (Å²) in [6, 6.07) is 16.3. The number of benzene rings is 2. The highest BCUT2D eigenvalue weighted by Gasteiger charge is 2.20. The molecular formula is C22H19ClN6S. The third kappa shape index (κ3) is 3.44. The van der Waals surface area contributed by atoms with Crippen LogP contribution in [-0.2, 0) is 13.6 Å². The minimum Gasteiger partial charge on any atom is -0.323 e. The predicted octanol–water partition coefficient (Wildman–Crippen LogP) is 5.27. The van der Waals surface area contributed by atoms with Crippen LogP contribution >= 0.6 is 23.4 Å². The molecule has 8 heteroatoms. The number of imidazole rings is 1. The van der Waals surface area contributed by atoms with E-state index < -0.39 is 0 Å². The van der Waals surface area contributed by atoms with Crippen molar-refractivity contribution >= 4 is 45.4 Å². The molecule has 150 valence electrons. The Morgan fingerprint density at radius 3 is 2.77 bits per heavy atom. The molecular weight excluding hydrogens is 416 g/mol. The molecule has 30 heavy (non-hydrogen) atoms. The van der Waals surface area contributed by atoms with E-state index in [9.17, 15) is 0 Å². The van der Waals surface area contributed by atoms with Gasteiger partial charge in [-0.1, -0.05) is 53.7 Å². The van der Waals surface area contributed by atoms with E-state index in [0.717, 1.165) is 39.5 Å². The summed E-state index contributed by atoms with van der Waals surface area (Å²) < 4.78 is 4.03. The smallest absolute Gasteiger partial charge is 0.162 e. The molecule has 0 spiro atoms. The third-order valence-corrected chi connectivity index (χ3v) is 6.42. The van der Waals surface area contributed by atoms with Gasteiger partial charge in [0.05, 0.1) is 27.9 Å². The van der Waals surface area contributed by atoms with Gasteiger partial charge >= 0.3 is 0 Å². The molecule has 3 heterocycles. The first-order valence-electron chi connectivity index (χ1n) is 9.59. The average molecular weight is 435 g/mol. The molecule has 1 unspecified atom stereocenters. The van der Waals surface area contributed by atoms with Crippen LogP contribution in [-0.4, -0.2) is 29.3 Å². The van der Waals surface area contributed by atoms with E-state index in [1.807, 2.05) is 37.5 Å². The van der Waals surface area contributed by atoms with Crippen LogP contribution in [0.2, 0.25) is 5.02 Å². The van der Waals surface area contributed by atoms with Crippen molar-refractivity contribution in [2.24, 2.45) is 7.05 Å². The monoisotopic (exact) mass is 434 g/mol. The van der Waals surface area contributed by atoms with Crippen LogP contribution in [0.1, 0.15) is 23.6 Å². The van der Waals surface area contributed by atoms with Gasteiger partial charge in [-0.3, -0.25) is 4.68 Å². The highest BCUT2D eigenvalue weighted by Crippen LogP contribution is 2.38. The Morgan fingerprint density at radius 1 is 1.10 bits per heavy atom. The zero-order valence-electron chi connectivity index (χ0n) is 16.5. The second-order valence-electron chi connectivity index (χ2n) is 7.12. The van der Waals surface area contributed by atoms with Gasteiger partial charge in [-0.05, 0) is 30.7 Å². The molecule has 3 aromatic heterocycles. The van der Waals surface area contributed by atoms with Crippen LogP contribution in [0.5, 0.6) is 0 Å². The lowest BCUT2D eigenvalue weighted by atomic mass is 10.2. The molecule has 0 bridgehead atoms. The Labute approximate surface area is 182 Å². The Kier molecular flexibility index (Phi) is 4.92. The minimum absolute atomic E-state index is 0.0678. The second-order valence-corrected chi connectivity index (χ2v) is 8.89. The molecule has 0 aliphatic carbocycles. The van der Waals surface area contributed by atoms with Crippen LogP contribution in [0.4, 0.5) is 0 Å². The highest BCUT2D eigenvalue weighted by atomic mass is 35.5. The van der Waals surface area contributed by atoms with Gasteiger partial charge in [0.25, 0.3) is 0 Å². The number of nitrogens with zero attached hydrogens (tertiary/aromatic N) is 6. The fraction of sp³-hybridized carbons (Fsp3) is 0.182. The molecule has 0 N–H and O–H groups in total. The summed E-state index contributed by atoms with van der Waals surface area (Å²) in [6.07, 6.45) is 3.41. The molecule has 0 amide bonds. The number of halogens is 1. The van der Waals surface area contributed by atoms with Crippen molar-refractivity contribution in [3.8, 4) is 0 Å². The number of fused-ring (bicyclic) bond motifs is 2. The number of thioether (sulfide) groups is 1. The van der Waals surface area contributed by atoms with Crippen LogP contribution in [0.3, 0.4) is 0 Å². The lowest BCUT2D eigenvalue weighted by Gasteiger charge is -2.15. The van der Waals surface area contributed by atoms with Gasteiger partial charge in [0.2, 0.25) is 0 Å². The first-order valence-corrected chi connectivity index (χ1v) is 10.8. The van der Waals surface area contributed by atoms with Crippen LogP contribution in [0, 0.1) is 0 Å². The van der Waals surface area contributed by atoms with Crippen molar-refractivity contribution in [2.75, 3.05) is 0 Å². The summed E-state index contributed by atoms with van der Waals surface area (Å²) in [5, 5.41) is 6.92. The summed E-state index contributed by atoms with van der Waals surface area (Å²) in [6.45, 7) is 2.89. The molecule has 0 saturated carbocycles. The first-order chi connectivity index (χ1) is 14.6. The maximum absolute atomic E-state index is 6.24. The average Bonchev–Trinajstić information content (AvgIpc) is 3.30. The van der Waals surface area contributed by atoms with Gasteiger partial charge in [-0.15, -0.1) is 0 Å². The van der Waals surface area contributed by atoms with E-state index >= 15 is 0 Å². The fourth-order valence-corrected chi connectivity index (χ4v) is 4.78.